The maximum atomic E-state index is 12.1. The van der Waals surface area contributed by atoms with Gasteiger partial charge in [-0.2, -0.15) is 13.2 Å². The molecule has 0 aliphatic carbocycles. The smallest absolute Gasteiger partial charge is 0.422 e. The molecule has 1 aromatic heterocycles. The van der Waals surface area contributed by atoms with Crippen LogP contribution in [0.15, 0.2) is 18.2 Å². The first-order valence-electron chi connectivity index (χ1n) is 6.68. The Bertz CT molecular complexity index is 516. The third-order valence-electron chi connectivity index (χ3n) is 3.19. The molecule has 0 aliphatic heterocycles. The van der Waals surface area contributed by atoms with Crippen molar-refractivity contribution in [2.75, 3.05) is 13.2 Å². The second kappa shape index (κ2) is 6.95. The van der Waals surface area contributed by atoms with Crippen molar-refractivity contribution in [3.63, 3.8) is 0 Å². The average molecular weight is 320 g/mol. The van der Waals surface area contributed by atoms with Crippen molar-refractivity contribution in [1.29, 1.82) is 0 Å². The number of hydrogen-bond acceptors (Lipinski definition) is 4. The molecule has 0 bridgehead atoms. The van der Waals surface area contributed by atoms with Crippen molar-refractivity contribution in [1.82, 2.24) is 10.3 Å². The maximum Gasteiger partial charge on any atom is 0.422 e. The molecule has 8 heteroatoms. The van der Waals surface area contributed by atoms with Gasteiger partial charge in [-0.3, -0.25) is 4.79 Å². The molecule has 2 N–H and O–H groups in total. The van der Waals surface area contributed by atoms with Crippen molar-refractivity contribution >= 4 is 5.91 Å². The largest absolute Gasteiger partial charge is 0.468 e. The highest BCUT2D eigenvalue weighted by molar-refractivity contribution is 5.92. The van der Waals surface area contributed by atoms with Crippen molar-refractivity contribution in [3.8, 4) is 5.88 Å². The Kier molecular flexibility index (Phi) is 5.76. The van der Waals surface area contributed by atoms with Gasteiger partial charge in [0.25, 0.3) is 5.91 Å². The summed E-state index contributed by atoms with van der Waals surface area (Å²) in [5.41, 5.74) is -1.18. The minimum atomic E-state index is -4.48. The summed E-state index contributed by atoms with van der Waals surface area (Å²) in [5.74, 6) is -0.971. The van der Waals surface area contributed by atoms with E-state index in [0.717, 1.165) is 0 Å². The van der Waals surface area contributed by atoms with Gasteiger partial charge in [-0.05, 0) is 18.9 Å². The topological polar surface area (TPSA) is 71.5 Å². The molecule has 0 saturated carbocycles. The summed E-state index contributed by atoms with van der Waals surface area (Å²) in [6.07, 6.45) is -4.48. The van der Waals surface area contributed by atoms with Gasteiger partial charge < -0.3 is 15.2 Å². The minimum absolute atomic E-state index is 0.00117. The second-order valence-corrected chi connectivity index (χ2v) is 5.46. The second-order valence-electron chi connectivity index (χ2n) is 5.46. The summed E-state index contributed by atoms with van der Waals surface area (Å²) in [5, 5.41) is 12.5. The van der Waals surface area contributed by atoms with E-state index in [-0.39, 0.29) is 24.0 Å². The van der Waals surface area contributed by atoms with E-state index in [1.807, 2.05) is 0 Å². The van der Waals surface area contributed by atoms with Gasteiger partial charge in [-0.1, -0.05) is 19.9 Å². The maximum absolute atomic E-state index is 12.1. The van der Waals surface area contributed by atoms with Crippen LogP contribution < -0.4 is 10.1 Å². The number of hydrogen-bond donors (Lipinski definition) is 2. The van der Waals surface area contributed by atoms with Gasteiger partial charge in [0.05, 0.1) is 5.60 Å². The van der Waals surface area contributed by atoms with Crippen LogP contribution >= 0.6 is 0 Å². The minimum Gasteiger partial charge on any atom is -0.468 e. The molecule has 1 aromatic rings. The number of nitrogens with one attached hydrogen (secondary N) is 1. The van der Waals surface area contributed by atoms with E-state index in [2.05, 4.69) is 15.0 Å². The Morgan fingerprint density at radius 1 is 1.41 bits per heavy atom. The monoisotopic (exact) mass is 320 g/mol. The van der Waals surface area contributed by atoms with Gasteiger partial charge in [-0.25, -0.2) is 4.98 Å². The number of nitrogens with zero attached hydrogens (tertiary/aromatic N) is 1. The van der Waals surface area contributed by atoms with Crippen LogP contribution in [0.1, 0.15) is 31.3 Å². The molecule has 1 amide bonds. The molecule has 0 fully saturated rings. The predicted molar refractivity (Wildman–Crippen MR) is 73.6 cm³/mol. The highest BCUT2D eigenvalue weighted by Crippen LogP contribution is 2.17. The fourth-order valence-electron chi connectivity index (χ4n) is 1.33. The van der Waals surface area contributed by atoms with E-state index >= 15 is 0 Å². The first-order valence-corrected chi connectivity index (χ1v) is 6.68. The van der Waals surface area contributed by atoms with E-state index in [9.17, 15) is 23.1 Å². The fraction of sp³-hybridized carbons (Fsp3) is 0.571. The lowest BCUT2D eigenvalue weighted by Gasteiger charge is -2.27. The first kappa shape index (κ1) is 18.2. The number of aliphatic hydroxyl groups is 1. The van der Waals surface area contributed by atoms with E-state index in [4.69, 9.17) is 0 Å². The number of aromatic nitrogens is 1. The lowest BCUT2D eigenvalue weighted by atomic mass is 9.92. The van der Waals surface area contributed by atoms with Gasteiger partial charge in [-0.15, -0.1) is 0 Å². The van der Waals surface area contributed by atoms with Crippen LogP contribution in [0.25, 0.3) is 0 Å². The van der Waals surface area contributed by atoms with Gasteiger partial charge in [0.15, 0.2) is 6.61 Å². The van der Waals surface area contributed by atoms with Gasteiger partial charge in [0.2, 0.25) is 5.88 Å². The Hall–Kier alpha value is -1.83. The summed E-state index contributed by atoms with van der Waals surface area (Å²) in [6.45, 7) is 3.70. The lowest BCUT2D eigenvalue weighted by molar-refractivity contribution is -0.154. The van der Waals surface area contributed by atoms with Crippen molar-refractivity contribution in [3.05, 3.63) is 23.9 Å². The van der Waals surface area contributed by atoms with E-state index < -0.39 is 24.3 Å². The Labute approximate surface area is 126 Å². The van der Waals surface area contributed by atoms with E-state index in [1.165, 1.54) is 18.2 Å². The number of alkyl halides is 3. The van der Waals surface area contributed by atoms with Crippen LogP contribution in [0.2, 0.25) is 0 Å². The van der Waals surface area contributed by atoms with Crippen LogP contribution in [0.4, 0.5) is 13.2 Å². The van der Waals surface area contributed by atoms with Crippen molar-refractivity contribution in [2.24, 2.45) is 5.92 Å². The predicted octanol–water partition coefficient (Wildman–Crippen LogP) is 2.16. The molecule has 0 aromatic carbocycles. The number of carbonyl (C=O) groups is 1. The summed E-state index contributed by atoms with van der Waals surface area (Å²) >= 11 is 0. The molecular weight excluding hydrogens is 301 g/mol. The number of carbonyl (C=O) groups excluding carboxylic acids is 1. The first-order chi connectivity index (χ1) is 10.0. The molecule has 124 valence electrons. The highest BCUT2D eigenvalue weighted by Gasteiger charge is 2.29. The SMILES string of the molecule is CC(C)C(C)(O)CNC(=O)c1cccc(OCC(F)(F)F)n1. The van der Waals surface area contributed by atoms with E-state index in [0.29, 0.717) is 0 Å². The quantitative estimate of drug-likeness (QED) is 0.842. The standard InChI is InChI=1S/C14H19F3N2O3/c1-9(2)13(3,21)7-18-12(20)10-5-4-6-11(19-10)22-8-14(15,16)17/h4-6,9,21H,7-8H2,1-3H3,(H,18,20). The highest BCUT2D eigenvalue weighted by atomic mass is 19.4. The molecule has 0 aliphatic rings. The number of amides is 1. The van der Waals surface area contributed by atoms with Crippen LogP contribution in [0, 0.1) is 5.92 Å². The fourth-order valence-corrected chi connectivity index (χ4v) is 1.33. The summed E-state index contributed by atoms with van der Waals surface area (Å²) < 4.78 is 40.7. The summed E-state index contributed by atoms with van der Waals surface area (Å²) in [4.78, 5) is 15.6. The number of rotatable bonds is 6. The zero-order valence-corrected chi connectivity index (χ0v) is 12.6. The molecule has 5 nitrogen and oxygen atoms in total. The third-order valence-corrected chi connectivity index (χ3v) is 3.19. The van der Waals surface area contributed by atoms with E-state index in [1.54, 1.807) is 20.8 Å². The molecule has 1 heterocycles. The van der Waals surface area contributed by atoms with Crippen molar-refractivity contribution in [2.45, 2.75) is 32.5 Å². The lowest BCUT2D eigenvalue weighted by Crippen LogP contribution is -2.44. The number of ether oxygens (including phenoxy) is 1. The Morgan fingerprint density at radius 3 is 2.59 bits per heavy atom. The van der Waals surface area contributed by atoms with Gasteiger partial charge >= 0.3 is 6.18 Å². The molecule has 0 saturated heterocycles. The third kappa shape index (κ3) is 5.88. The van der Waals surface area contributed by atoms with Gasteiger partial charge in [0.1, 0.15) is 5.69 Å². The summed E-state index contributed by atoms with van der Waals surface area (Å²) in [6, 6.07) is 3.95. The number of halogens is 3. The molecule has 0 radical (unpaired) electrons. The Balaban J connectivity index is 2.67. The number of pyridine rings is 1. The molecule has 1 rings (SSSR count). The van der Waals surface area contributed by atoms with Crippen LogP contribution in [0.5, 0.6) is 5.88 Å². The Morgan fingerprint density at radius 2 is 2.05 bits per heavy atom. The zero-order chi connectivity index (χ0) is 17.0. The molecular formula is C14H19F3N2O3. The normalized spacial score (nSPS) is 14.5. The van der Waals surface area contributed by atoms with Crippen molar-refractivity contribution < 1.29 is 27.8 Å². The van der Waals surface area contributed by atoms with Crippen LogP contribution in [0.3, 0.4) is 0 Å². The summed E-state index contributed by atoms with van der Waals surface area (Å²) in [7, 11) is 0. The average Bonchev–Trinajstić information content (AvgIpc) is 2.42. The van der Waals surface area contributed by atoms with Gasteiger partial charge in [0, 0.05) is 12.6 Å². The molecule has 1 atom stereocenters. The van der Waals surface area contributed by atoms with Crippen LogP contribution in [-0.4, -0.2) is 40.9 Å². The molecule has 1 unspecified atom stereocenters. The molecule has 22 heavy (non-hydrogen) atoms. The molecule has 0 spiro atoms. The zero-order valence-electron chi connectivity index (χ0n) is 12.6. The van der Waals surface area contributed by atoms with Crippen LogP contribution in [-0.2, 0) is 0 Å².